The van der Waals surface area contributed by atoms with Crippen LogP contribution in [-0.4, -0.2) is 70.2 Å². The first-order valence-electron chi connectivity index (χ1n) is 12.2. The van der Waals surface area contributed by atoms with Crippen LogP contribution >= 0.6 is 0 Å². The van der Waals surface area contributed by atoms with E-state index in [0.717, 1.165) is 55.2 Å². The van der Waals surface area contributed by atoms with Gasteiger partial charge in [-0.3, -0.25) is 9.69 Å². The Kier molecular flexibility index (Phi) is 7.10. The van der Waals surface area contributed by atoms with Gasteiger partial charge in [0.25, 0.3) is 5.91 Å². The maximum absolute atomic E-state index is 12.7. The number of carbonyl (C=O) groups excluding carboxylic acids is 1. The first-order chi connectivity index (χ1) is 17.4. The summed E-state index contributed by atoms with van der Waals surface area (Å²) in [4.78, 5) is 18.5. The number of fused-ring (bicyclic) bond motifs is 2. The number of morpholine rings is 1. The van der Waals surface area contributed by atoms with Gasteiger partial charge in [-0.25, -0.2) is 13.1 Å². The molecular formula is C26H30N4O5S. The molecule has 2 aliphatic heterocycles. The zero-order valence-corrected chi connectivity index (χ0v) is 21.0. The Balaban J connectivity index is 1.35. The molecule has 9 nitrogen and oxygen atoms in total. The van der Waals surface area contributed by atoms with Crippen molar-refractivity contribution >= 4 is 44.2 Å². The van der Waals surface area contributed by atoms with Gasteiger partial charge in [0, 0.05) is 54.0 Å². The average molecular weight is 511 g/mol. The minimum absolute atomic E-state index is 0.132. The Morgan fingerprint density at radius 2 is 1.97 bits per heavy atom. The molecule has 2 aliphatic rings. The number of H-pyrrole nitrogens is 1. The van der Waals surface area contributed by atoms with E-state index < -0.39 is 10.0 Å². The number of sulfonamides is 1. The maximum Gasteiger partial charge on any atom is 0.256 e. The molecule has 0 unspecified atom stereocenters. The van der Waals surface area contributed by atoms with Crippen molar-refractivity contribution in [1.29, 1.82) is 0 Å². The highest BCUT2D eigenvalue weighted by Gasteiger charge is 2.27. The molecule has 0 saturated carbocycles. The lowest BCUT2D eigenvalue weighted by Crippen LogP contribution is -2.38. The number of ether oxygens (including phenoxy) is 2. The van der Waals surface area contributed by atoms with Gasteiger partial charge in [-0.2, -0.15) is 0 Å². The largest absolute Gasteiger partial charge is 0.492 e. The van der Waals surface area contributed by atoms with E-state index in [9.17, 15) is 13.2 Å². The molecule has 1 fully saturated rings. The maximum atomic E-state index is 12.7. The number of nitrogens with one attached hydrogen (secondary N) is 3. The molecule has 5 rings (SSSR count). The average Bonchev–Trinajstić information content (AvgIpc) is 3.42. The predicted octanol–water partition coefficient (Wildman–Crippen LogP) is 3.06. The summed E-state index contributed by atoms with van der Waals surface area (Å²) < 4.78 is 39.1. The molecule has 190 valence electrons. The van der Waals surface area contributed by atoms with Gasteiger partial charge < -0.3 is 19.8 Å². The highest BCUT2D eigenvalue weighted by molar-refractivity contribution is 7.89. The van der Waals surface area contributed by atoms with Crippen LogP contribution in [0.4, 0.5) is 5.69 Å². The Hall–Kier alpha value is -3.18. The number of hydrogen-bond donors (Lipinski definition) is 3. The van der Waals surface area contributed by atoms with Gasteiger partial charge in [-0.1, -0.05) is 6.92 Å². The summed E-state index contributed by atoms with van der Waals surface area (Å²) in [5.74, 6) is 0.513. The van der Waals surface area contributed by atoms with E-state index in [1.807, 2.05) is 31.2 Å². The molecule has 1 amide bonds. The molecule has 0 spiro atoms. The quantitative estimate of drug-likeness (QED) is 0.382. The van der Waals surface area contributed by atoms with Crippen LogP contribution in [0, 0.1) is 0 Å². The van der Waals surface area contributed by atoms with Gasteiger partial charge >= 0.3 is 0 Å². The van der Waals surface area contributed by atoms with Gasteiger partial charge in [-0.05, 0) is 55.0 Å². The predicted molar refractivity (Wildman–Crippen MR) is 139 cm³/mol. The lowest BCUT2D eigenvalue weighted by atomic mass is 10.1. The van der Waals surface area contributed by atoms with Crippen LogP contribution in [0.2, 0.25) is 0 Å². The van der Waals surface area contributed by atoms with E-state index in [0.29, 0.717) is 36.4 Å². The second kappa shape index (κ2) is 10.4. The van der Waals surface area contributed by atoms with Crippen LogP contribution in [0.5, 0.6) is 5.75 Å². The second-order valence-electron chi connectivity index (χ2n) is 8.89. The number of aromatic nitrogens is 1. The Bertz CT molecular complexity index is 1410. The van der Waals surface area contributed by atoms with Gasteiger partial charge in [0.1, 0.15) is 12.4 Å². The van der Waals surface area contributed by atoms with Gasteiger partial charge in [0.15, 0.2) is 0 Å². The summed E-state index contributed by atoms with van der Waals surface area (Å²) in [5.41, 5.74) is 3.22. The normalized spacial score (nSPS) is 17.5. The summed E-state index contributed by atoms with van der Waals surface area (Å²) in [7, 11) is -3.65. The summed E-state index contributed by atoms with van der Waals surface area (Å²) in [5, 5.41) is 3.78. The fourth-order valence-electron chi connectivity index (χ4n) is 4.37. The molecular weight excluding hydrogens is 480 g/mol. The number of carbonyl (C=O) groups is 1. The minimum Gasteiger partial charge on any atom is -0.492 e. The van der Waals surface area contributed by atoms with E-state index in [1.165, 1.54) is 6.07 Å². The molecule has 3 N–H and O–H groups in total. The summed E-state index contributed by atoms with van der Waals surface area (Å²) in [6, 6.07) is 12.5. The van der Waals surface area contributed by atoms with Crippen molar-refractivity contribution in [2.75, 3.05) is 51.3 Å². The fourth-order valence-corrected chi connectivity index (χ4v) is 5.53. The number of hydrogen-bond acceptors (Lipinski definition) is 6. The molecule has 3 aromatic rings. The third kappa shape index (κ3) is 5.31. The number of benzene rings is 2. The molecule has 0 bridgehead atoms. The SMILES string of the molecule is CCCNS(=O)(=O)c1ccc2c(c1)C(=Cc1cc3cc(OCCN4CCOCC4)ccc3[nH]1)C(=O)N2. The van der Waals surface area contributed by atoms with E-state index >= 15 is 0 Å². The molecule has 3 heterocycles. The first-order valence-corrected chi connectivity index (χ1v) is 13.6. The zero-order valence-electron chi connectivity index (χ0n) is 20.2. The standard InChI is InChI=1S/C26H30N4O5S/c1-2-7-27-36(32,33)21-4-6-25-22(17-21)23(26(31)29-25)16-19-14-18-15-20(3-5-24(18)28-19)35-13-10-30-8-11-34-12-9-30/h3-6,14-17,27-28H,2,7-13H2,1H3,(H,29,31). The first kappa shape index (κ1) is 24.5. The van der Waals surface area contributed by atoms with Crippen LogP contribution in [-0.2, 0) is 19.6 Å². The van der Waals surface area contributed by atoms with Crippen molar-refractivity contribution in [3.8, 4) is 5.75 Å². The smallest absolute Gasteiger partial charge is 0.256 e. The molecule has 1 aromatic heterocycles. The van der Waals surface area contributed by atoms with E-state index in [1.54, 1.807) is 18.2 Å². The Morgan fingerprint density at radius 1 is 1.14 bits per heavy atom. The number of aromatic amines is 1. The van der Waals surface area contributed by atoms with E-state index in [2.05, 4.69) is 19.9 Å². The third-order valence-corrected chi connectivity index (χ3v) is 7.78. The molecule has 0 aliphatic carbocycles. The molecule has 2 aromatic carbocycles. The summed E-state index contributed by atoms with van der Waals surface area (Å²) >= 11 is 0. The van der Waals surface area contributed by atoms with Crippen LogP contribution in [0.3, 0.4) is 0 Å². The zero-order chi connectivity index (χ0) is 25.1. The third-order valence-electron chi connectivity index (χ3n) is 6.32. The molecule has 1 saturated heterocycles. The highest BCUT2D eigenvalue weighted by Crippen LogP contribution is 2.35. The van der Waals surface area contributed by atoms with E-state index in [-0.39, 0.29) is 10.8 Å². The highest BCUT2D eigenvalue weighted by atomic mass is 32.2. The summed E-state index contributed by atoms with van der Waals surface area (Å²) in [6.07, 6.45) is 2.44. The number of amides is 1. The van der Waals surface area contributed by atoms with Gasteiger partial charge in [0.05, 0.1) is 23.7 Å². The molecule has 10 heteroatoms. The van der Waals surface area contributed by atoms with Gasteiger partial charge in [0.2, 0.25) is 10.0 Å². The fraction of sp³-hybridized carbons (Fsp3) is 0.346. The topological polar surface area (TPSA) is 113 Å². The van der Waals surface area contributed by atoms with Crippen LogP contribution in [0.25, 0.3) is 22.6 Å². The van der Waals surface area contributed by atoms with Crippen molar-refractivity contribution < 1.29 is 22.7 Å². The molecule has 0 radical (unpaired) electrons. The Labute approximate surface area is 210 Å². The van der Waals surface area contributed by atoms with Crippen molar-refractivity contribution in [2.45, 2.75) is 18.2 Å². The minimum atomic E-state index is -3.65. The van der Waals surface area contributed by atoms with Gasteiger partial charge in [-0.15, -0.1) is 0 Å². The van der Waals surface area contributed by atoms with Crippen molar-refractivity contribution in [1.82, 2.24) is 14.6 Å². The lowest BCUT2D eigenvalue weighted by molar-refractivity contribution is -0.110. The summed E-state index contributed by atoms with van der Waals surface area (Å²) in [6.45, 7) is 7.10. The van der Waals surface area contributed by atoms with Crippen molar-refractivity contribution in [3.63, 3.8) is 0 Å². The van der Waals surface area contributed by atoms with E-state index in [4.69, 9.17) is 9.47 Å². The monoisotopic (exact) mass is 510 g/mol. The van der Waals surface area contributed by atoms with Crippen molar-refractivity contribution in [3.05, 3.63) is 53.7 Å². The second-order valence-corrected chi connectivity index (χ2v) is 10.7. The Morgan fingerprint density at radius 3 is 2.78 bits per heavy atom. The van der Waals surface area contributed by atoms with Crippen LogP contribution in [0.1, 0.15) is 24.6 Å². The number of anilines is 1. The van der Waals surface area contributed by atoms with Crippen LogP contribution < -0.4 is 14.8 Å². The molecule has 36 heavy (non-hydrogen) atoms. The van der Waals surface area contributed by atoms with Crippen molar-refractivity contribution in [2.24, 2.45) is 0 Å². The van der Waals surface area contributed by atoms with Crippen LogP contribution in [0.15, 0.2) is 47.4 Å². The lowest BCUT2D eigenvalue weighted by Gasteiger charge is -2.26. The molecule has 0 atom stereocenters. The number of rotatable bonds is 9. The number of nitrogens with zero attached hydrogens (tertiary/aromatic N) is 1.